The summed E-state index contributed by atoms with van der Waals surface area (Å²) in [7, 11) is 1.86. The van der Waals surface area contributed by atoms with Gasteiger partial charge in [0, 0.05) is 19.0 Å². The summed E-state index contributed by atoms with van der Waals surface area (Å²) in [6, 6.07) is 1.90. The minimum absolute atomic E-state index is 0.534. The number of nitrogens with one attached hydrogen (secondary N) is 1. The van der Waals surface area contributed by atoms with Gasteiger partial charge in [-0.2, -0.15) is 0 Å². The van der Waals surface area contributed by atoms with Crippen molar-refractivity contribution < 1.29 is 4.42 Å². The first-order valence-corrected chi connectivity index (χ1v) is 6.31. The van der Waals surface area contributed by atoms with Crippen molar-refractivity contribution in [3.8, 4) is 0 Å². The Balaban J connectivity index is 1.89. The number of anilines is 1. The molecule has 0 aromatic carbocycles. The van der Waals surface area contributed by atoms with Gasteiger partial charge in [-0.3, -0.25) is 0 Å². The first-order valence-electron chi connectivity index (χ1n) is 5.49. The third-order valence-corrected chi connectivity index (χ3v) is 3.31. The molecule has 1 N–H and O–H groups in total. The van der Waals surface area contributed by atoms with Crippen LogP contribution in [0, 0.1) is 0 Å². The number of aromatic nitrogens is 3. The molecule has 88 valence electrons. The lowest BCUT2D eigenvalue weighted by Crippen LogP contribution is -2.00. The van der Waals surface area contributed by atoms with Crippen molar-refractivity contribution in [3.05, 3.63) is 24.4 Å². The molecule has 0 unspecified atom stereocenters. The van der Waals surface area contributed by atoms with Gasteiger partial charge >= 0.3 is 0 Å². The lowest BCUT2D eigenvalue weighted by molar-refractivity contribution is 0.454. The van der Waals surface area contributed by atoms with Crippen molar-refractivity contribution in [2.24, 2.45) is 0 Å². The molecule has 5 nitrogen and oxygen atoms in total. The third-order valence-electron chi connectivity index (χ3n) is 2.52. The Labute approximate surface area is 103 Å². The van der Waals surface area contributed by atoms with E-state index in [1.54, 1.807) is 12.5 Å². The van der Waals surface area contributed by atoms with Crippen LogP contribution < -0.4 is 5.32 Å². The van der Waals surface area contributed by atoms with Crippen LogP contribution in [0.3, 0.4) is 0 Å². The molecule has 1 aliphatic rings. The van der Waals surface area contributed by atoms with Gasteiger partial charge in [0.25, 0.3) is 5.22 Å². The molecule has 0 amide bonds. The van der Waals surface area contributed by atoms with Gasteiger partial charge in [-0.15, -0.1) is 0 Å². The molecule has 2 aromatic rings. The van der Waals surface area contributed by atoms with Crippen LogP contribution >= 0.6 is 11.8 Å². The second-order valence-electron chi connectivity index (χ2n) is 3.87. The zero-order valence-corrected chi connectivity index (χ0v) is 10.2. The predicted octanol–water partition coefficient (Wildman–Crippen LogP) is 2.53. The molecular weight excluding hydrogens is 236 g/mol. The fraction of sp³-hybridized carbons (Fsp3) is 0.364. The summed E-state index contributed by atoms with van der Waals surface area (Å²) in [6.07, 6.45) is 5.57. The monoisotopic (exact) mass is 248 g/mol. The van der Waals surface area contributed by atoms with Gasteiger partial charge in [-0.05, 0) is 24.6 Å². The minimum atomic E-state index is 0.534. The Morgan fingerprint density at radius 2 is 2.29 bits per heavy atom. The summed E-state index contributed by atoms with van der Waals surface area (Å²) in [5.74, 6) is 2.30. The lowest BCUT2D eigenvalue weighted by atomic mass is 10.4. The van der Waals surface area contributed by atoms with Crippen LogP contribution in [0.5, 0.6) is 0 Å². The largest absolute Gasteiger partial charge is 0.440 e. The number of oxazole rings is 1. The van der Waals surface area contributed by atoms with Crippen molar-refractivity contribution in [1.82, 2.24) is 15.0 Å². The van der Waals surface area contributed by atoms with Crippen LogP contribution in [0.2, 0.25) is 0 Å². The molecule has 17 heavy (non-hydrogen) atoms. The highest BCUT2D eigenvalue weighted by Crippen LogP contribution is 2.39. The summed E-state index contributed by atoms with van der Waals surface area (Å²) in [5.41, 5.74) is 0. The van der Waals surface area contributed by atoms with E-state index in [1.165, 1.54) is 24.6 Å². The molecule has 0 atom stereocenters. The Hall–Kier alpha value is -1.56. The molecule has 3 rings (SSSR count). The topological polar surface area (TPSA) is 63.8 Å². The van der Waals surface area contributed by atoms with E-state index in [0.29, 0.717) is 11.1 Å². The van der Waals surface area contributed by atoms with Crippen molar-refractivity contribution in [2.75, 3.05) is 12.4 Å². The van der Waals surface area contributed by atoms with Gasteiger partial charge in [0.05, 0.1) is 6.20 Å². The van der Waals surface area contributed by atoms with Crippen molar-refractivity contribution in [3.63, 3.8) is 0 Å². The zero-order chi connectivity index (χ0) is 11.7. The first kappa shape index (κ1) is 10.6. The Bertz CT molecular complexity index is 510. The fourth-order valence-electron chi connectivity index (χ4n) is 1.50. The maximum Gasteiger partial charge on any atom is 0.261 e. The standard InChI is InChI=1S/C11H12N4OS/c1-12-8-6-9(17-11-13-4-5-16-11)15-10(14-8)7-2-3-7/h4-7H,2-3H2,1H3,(H,12,14,15). The van der Waals surface area contributed by atoms with Gasteiger partial charge in [-0.25, -0.2) is 15.0 Å². The molecule has 0 bridgehead atoms. The minimum Gasteiger partial charge on any atom is -0.440 e. The summed E-state index contributed by atoms with van der Waals surface area (Å²) in [4.78, 5) is 13.1. The van der Waals surface area contributed by atoms with E-state index in [4.69, 9.17) is 4.42 Å². The lowest BCUT2D eigenvalue weighted by Gasteiger charge is -2.05. The molecule has 2 aromatic heterocycles. The van der Waals surface area contributed by atoms with Gasteiger partial charge < -0.3 is 9.73 Å². The van der Waals surface area contributed by atoms with Gasteiger partial charge in [0.1, 0.15) is 22.9 Å². The fourth-order valence-corrected chi connectivity index (χ4v) is 2.20. The molecule has 1 fully saturated rings. The quantitative estimate of drug-likeness (QED) is 0.839. The second kappa shape index (κ2) is 4.37. The van der Waals surface area contributed by atoms with E-state index >= 15 is 0 Å². The smallest absolute Gasteiger partial charge is 0.261 e. The van der Waals surface area contributed by atoms with E-state index in [2.05, 4.69) is 20.3 Å². The Morgan fingerprint density at radius 1 is 1.41 bits per heavy atom. The number of hydrogen-bond acceptors (Lipinski definition) is 6. The average molecular weight is 248 g/mol. The van der Waals surface area contributed by atoms with Gasteiger partial charge in [0.15, 0.2) is 0 Å². The summed E-state index contributed by atoms with van der Waals surface area (Å²) in [5, 5.41) is 4.53. The molecule has 6 heteroatoms. The number of nitrogens with zero attached hydrogens (tertiary/aromatic N) is 3. The normalized spacial score (nSPS) is 14.9. The molecular formula is C11H12N4OS. The Kier molecular flexibility index (Phi) is 2.72. The third kappa shape index (κ3) is 2.41. The second-order valence-corrected chi connectivity index (χ2v) is 4.85. The van der Waals surface area contributed by atoms with Crippen molar-refractivity contribution in [2.45, 2.75) is 29.0 Å². The summed E-state index contributed by atoms with van der Waals surface area (Å²) >= 11 is 1.41. The first-order chi connectivity index (χ1) is 8.35. The van der Waals surface area contributed by atoms with E-state index in [0.717, 1.165) is 16.7 Å². The van der Waals surface area contributed by atoms with E-state index in [9.17, 15) is 0 Å². The Morgan fingerprint density at radius 3 is 2.94 bits per heavy atom. The molecule has 0 spiro atoms. The molecule has 1 saturated carbocycles. The van der Waals surface area contributed by atoms with Crippen LogP contribution in [0.15, 0.2) is 33.2 Å². The number of rotatable bonds is 4. The highest BCUT2D eigenvalue weighted by molar-refractivity contribution is 7.99. The van der Waals surface area contributed by atoms with Crippen LogP contribution in [0.1, 0.15) is 24.6 Å². The molecule has 0 aliphatic heterocycles. The maximum atomic E-state index is 5.20. The molecule has 1 aliphatic carbocycles. The van der Waals surface area contributed by atoms with Crippen LogP contribution in [-0.4, -0.2) is 22.0 Å². The molecule has 2 heterocycles. The maximum absolute atomic E-state index is 5.20. The van der Waals surface area contributed by atoms with Gasteiger partial charge in [0.2, 0.25) is 0 Å². The SMILES string of the molecule is CNc1cc(Sc2ncco2)nc(C2CC2)n1. The predicted molar refractivity (Wildman–Crippen MR) is 64.2 cm³/mol. The number of hydrogen-bond donors (Lipinski definition) is 1. The molecule has 0 saturated heterocycles. The summed E-state index contributed by atoms with van der Waals surface area (Å²) in [6.45, 7) is 0. The van der Waals surface area contributed by atoms with Crippen molar-refractivity contribution >= 4 is 17.6 Å². The van der Waals surface area contributed by atoms with Gasteiger partial charge in [-0.1, -0.05) is 0 Å². The zero-order valence-electron chi connectivity index (χ0n) is 9.38. The summed E-state index contributed by atoms with van der Waals surface area (Å²) < 4.78 is 5.20. The van der Waals surface area contributed by atoms with E-state index in [-0.39, 0.29) is 0 Å². The molecule has 0 radical (unpaired) electrons. The highest BCUT2D eigenvalue weighted by atomic mass is 32.2. The van der Waals surface area contributed by atoms with Crippen LogP contribution in [0.25, 0.3) is 0 Å². The van der Waals surface area contributed by atoms with E-state index in [1.807, 2.05) is 13.1 Å². The van der Waals surface area contributed by atoms with Crippen molar-refractivity contribution in [1.29, 1.82) is 0 Å². The highest BCUT2D eigenvalue weighted by Gasteiger charge is 2.27. The van der Waals surface area contributed by atoms with Crippen LogP contribution in [-0.2, 0) is 0 Å². The average Bonchev–Trinajstić information content (AvgIpc) is 3.09. The van der Waals surface area contributed by atoms with E-state index < -0.39 is 0 Å². The van der Waals surface area contributed by atoms with Crippen LogP contribution in [0.4, 0.5) is 5.82 Å².